The Morgan fingerprint density at radius 2 is 1.94 bits per heavy atom. The summed E-state index contributed by atoms with van der Waals surface area (Å²) in [4.78, 5) is 14.8. The largest absolute Gasteiger partial charge is 0.378 e. The molecular formula is C21H21N9O2. The lowest BCUT2D eigenvalue weighted by Crippen LogP contribution is -2.24. The highest BCUT2D eigenvalue weighted by molar-refractivity contribution is 5.94. The second kappa shape index (κ2) is 9.08. The minimum atomic E-state index is -0.522. The van der Waals surface area contributed by atoms with Gasteiger partial charge in [0, 0.05) is 12.7 Å². The average Bonchev–Trinajstić information content (AvgIpc) is 3.41. The van der Waals surface area contributed by atoms with Crippen molar-refractivity contribution in [1.29, 1.82) is 0 Å². The zero-order valence-corrected chi connectivity index (χ0v) is 17.5. The number of nitrogens with one attached hydrogen (secondary N) is 1. The number of benzene rings is 2. The molecule has 0 saturated heterocycles. The zero-order valence-electron chi connectivity index (χ0n) is 17.5. The molecule has 0 aliphatic heterocycles. The van der Waals surface area contributed by atoms with Crippen molar-refractivity contribution in [2.75, 3.05) is 17.7 Å². The minimum Gasteiger partial charge on any atom is -0.378 e. The zero-order chi connectivity index (χ0) is 22.5. The Morgan fingerprint density at radius 1 is 1.19 bits per heavy atom. The number of rotatable bonds is 7. The first kappa shape index (κ1) is 20.7. The van der Waals surface area contributed by atoms with E-state index in [4.69, 9.17) is 5.73 Å². The number of hydrazone groups is 1. The number of aryl methyl sites for hydroxylation is 1. The summed E-state index contributed by atoms with van der Waals surface area (Å²) in [7, 11) is 1.88. The van der Waals surface area contributed by atoms with Gasteiger partial charge in [-0.25, -0.2) is 10.1 Å². The van der Waals surface area contributed by atoms with E-state index in [0.717, 1.165) is 16.8 Å². The predicted octanol–water partition coefficient (Wildman–Crippen LogP) is 1.94. The number of hydrogen-bond acceptors (Lipinski definition) is 9. The van der Waals surface area contributed by atoms with Crippen molar-refractivity contribution in [3.63, 3.8) is 0 Å². The summed E-state index contributed by atoms with van der Waals surface area (Å²) >= 11 is 0. The number of carbonyl (C=O) groups is 1. The fourth-order valence-electron chi connectivity index (χ4n) is 3.00. The van der Waals surface area contributed by atoms with Crippen LogP contribution >= 0.6 is 0 Å². The molecule has 32 heavy (non-hydrogen) atoms. The Balaban J connectivity index is 1.61. The highest BCUT2D eigenvalue weighted by Gasteiger charge is 2.25. The molecule has 4 rings (SSSR count). The van der Waals surface area contributed by atoms with E-state index in [0.29, 0.717) is 5.69 Å². The van der Waals surface area contributed by atoms with Gasteiger partial charge in [0.05, 0.1) is 18.5 Å². The number of nitrogen functional groups attached to an aromatic ring is 1. The van der Waals surface area contributed by atoms with Crippen LogP contribution in [0.4, 0.5) is 11.5 Å². The van der Waals surface area contributed by atoms with E-state index in [1.54, 1.807) is 6.21 Å². The van der Waals surface area contributed by atoms with Gasteiger partial charge < -0.3 is 10.6 Å². The van der Waals surface area contributed by atoms with Gasteiger partial charge in [0.15, 0.2) is 5.69 Å². The van der Waals surface area contributed by atoms with Crippen molar-refractivity contribution in [3.8, 4) is 5.82 Å². The van der Waals surface area contributed by atoms with Crippen LogP contribution in [0, 0.1) is 6.92 Å². The van der Waals surface area contributed by atoms with Gasteiger partial charge in [0.25, 0.3) is 5.91 Å². The number of hydrogen-bond donors (Lipinski definition) is 2. The molecule has 0 atom stereocenters. The van der Waals surface area contributed by atoms with E-state index in [1.165, 1.54) is 4.68 Å². The topological polar surface area (TPSA) is 140 Å². The smallest absolute Gasteiger partial charge is 0.293 e. The first-order chi connectivity index (χ1) is 15.5. The van der Waals surface area contributed by atoms with Crippen LogP contribution in [0.3, 0.4) is 0 Å². The summed E-state index contributed by atoms with van der Waals surface area (Å²) in [5.74, 6) is -0.342. The van der Waals surface area contributed by atoms with E-state index in [1.807, 2.05) is 73.5 Å². The monoisotopic (exact) mass is 431 g/mol. The first-order valence-electron chi connectivity index (χ1n) is 9.72. The molecule has 2 aromatic carbocycles. The van der Waals surface area contributed by atoms with Gasteiger partial charge >= 0.3 is 0 Å². The molecule has 0 unspecified atom stereocenters. The molecule has 2 aromatic heterocycles. The molecule has 1 amide bonds. The van der Waals surface area contributed by atoms with Crippen molar-refractivity contribution in [2.45, 2.75) is 13.5 Å². The highest BCUT2D eigenvalue weighted by atomic mass is 16.6. The summed E-state index contributed by atoms with van der Waals surface area (Å²) in [5.41, 5.74) is 11.8. The summed E-state index contributed by atoms with van der Waals surface area (Å²) in [5, 5.41) is 19.5. The fourth-order valence-corrected chi connectivity index (χ4v) is 3.00. The second-order valence-electron chi connectivity index (χ2n) is 7.07. The summed E-state index contributed by atoms with van der Waals surface area (Å²) < 4.78 is 6.02. The fraction of sp³-hybridized carbons (Fsp3) is 0.143. The molecule has 0 saturated carbocycles. The lowest BCUT2D eigenvalue weighted by molar-refractivity contribution is 0.0949. The maximum absolute atomic E-state index is 12.8. The molecule has 2 heterocycles. The van der Waals surface area contributed by atoms with E-state index >= 15 is 0 Å². The Kier molecular flexibility index (Phi) is 5.88. The number of para-hydroxylation sites is 1. The van der Waals surface area contributed by atoms with Gasteiger partial charge in [-0.1, -0.05) is 53.2 Å². The Bertz CT molecular complexity index is 1230. The lowest BCUT2D eigenvalue weighted by atomic mass is 10.2. The highest BCUT2D eigenvalue weighted by Crippen LogP contribution is 2.20. The van der Waals surface area contributed by atoms with E-state index in [2.05, 4.69) is 35.8 Å². The summed E-state index contributed by atoms with van der Waals surface area (Å²) in [6.07, 6.45) is 1.55. The molecule has 162 valence electrons. The number of anilines is 2. The first-order valence-corrected chi connectivity index (χ1v) is 9.72. The predicted molar refractivity (Wildman–Crippen MR) is 118 cm³/mol. The third-order valence-corrected chi connectivity index (χ3v) is 4.72. The molecule has 0 bridgehead atoms. The molecule has 3 N–H and O–H groups in total. The third kappa shape index (κ3) is 4.46. The quantitative estimate of drug-likeness (QED) is 0.334. The molecule has 11 heteroatoms. The van der Waals surface area contributed by atoms with Crippen LogP contribution in [0.25, 0.3) is 5.82 Å². The van der Waals surface area contributed by atoms with Crippen molar-refractivity contribution < 1.29 is 9.42 Å². The maximum Gasteiger partial charge on any atom is 0.293 e. The molecule has 4 aromatic rings. The molecule has 11 nitrogen and oxygen atoms in total. The van der Waals surface area contributed by atoms with Crippen LogP contribution in [0.15, 0.2) is 64.3 Å². The van der Waals surface area contributed by atoms with Crippen LogP contribution < -0.4 is 16.1 Å². The van der Waals surface area contributed by atoms with Crippen molar-refractivity contribution in [3.05, 3.63) is 77.1 Å². The van der Waals surface area contributed by atoms with Crippen LogP contribution in [-0.4, -0.2) is 44.5 Å². The number of carbonyl (C=O) groups excluding carboxylic acids is 1. The number of aromatic nitrogens is 5. The van der Waals surface area contributed by atoms with Crippen LogP contribution in [0.5, 0.6) is 0 Å². The summed E-state index contributed by atoms with van der Waals surface area (Å²) in [6.45, 7) is 2.28. The Labute approximate surface area is 183 Å². The molecule has 0 aliphatic carbocycles. The second-order valence-corrected chi connectivity index (χ2v) is 7.07. The van der Waals surface area contributed by atoms with Gasteiger partial charge in [-0.15, -0.1) is 5.10 Å². The lowest BCUT2D eigenvalue weighted by Gasteiger charge is -2.19. The van der Waals surface area contributed by atoms with Crippen LogP contribution in [0.2, 0.25) is 0 Å². The summed E-state index contributed by atoms with van der Waals surface area (Å²) in [6, 6.07) is 17.4. The number of nitrogens with zero attached hydrogens (tertiary/aromatic N) is 7. The van der Waals surface area contributed by atoms with E-state index in [-0.39, 0.29) is 23.9 Å². The van der Waals surface area contributed by atoms with E-state index in [9.17, 15) is 4.79 Å². The van der Waals surface area contributed by atoms with Crippen molar-refractivity contribution in [2.24, 2.45) is 5.10 Å². The SMILES string of the molecule is Cc1ccc(/C=N/NC(=O)c2nnn(-c3nonc3N)c2CN(C)c2ccccc2)cc1. The van der Waals surface area contributed by atoms with Gasteiger partial charge in [-0.05, 0) is 34.9 Å². The van der Waals surface area contributed by atoms with E-state index < -0.39 is 5.91 Å². The Hall–Kier alpha value is -4.54. The van der Waals surface area contributed by atoms with Crippen LogP contribution in [0.1, 0.15) is 27.3 Å². The van der Waals surface area contributed by atoms with Crippen molar-refractivity contribution >= 4 is 23.6 Å². The molecule has 0 fully saturated rings. The molecule has 0 aliphatic rings. The number of nitrogens with two attached hydrogens (primary N) is 1. The van der Waals surface area contributed by atoms with Gasteiger partial charge in [-0.2, -0.15) is 9.78 Å². The number of amides is 1. The maximum atomic E-state index is 12.8. The average molecular weight is 431 g/mol. The third-order valence-electron chi connectivity index (χ3n) is 4.72. The standard InChI is InChI=1S/C21H21N9O2/c1-14-8-10-15(11-9-14)12-23-25-21(31)18-17(13-29(2)16-6-4-3-5-7-16)30(28-24-18)20-19(22)26-32-27-20/h3-12H,13H2,1-2H3,(H2,22,26)(H,25,31)/b23-12+. The van der Waals surface area contributed by atoms with Gasteiger partial charge in [-0.3, -0.25) is 4.79 Å². The van der Waals surface area contributed by atoms with Crippen LogP contribution in [-0.2, 0) is 6.54 Å². The molecule has 0 spiro atoms. The normalized spacial score (nSPS) is 11.1. The Morgan fingerprint density at radius 3 is 2.62 bits per heavy atom. The van der Waals surface area contributed by atoms with Crippen molar-refractivity contribution in [1.82, 2.24) is 30.7 Å². The minimum absolute atomic E-state index is 0.0304. The molecule has 0 radical (unpaired) electrons. The van der Waals surface area contributed by atoms with Gasteiger partial charge in [0.2, 0.25) is 11.6 Å². The molecular weight excluding hydrogens is 410 g/mol. The van der Waals surface area contributed by atoms with Gasteiger partial charge in [0.1, 0.15) is 0 Å².